The van der Waals surface area contributed by atoms with Crippen molar-refractivity contribution in [3.63, 3.8) is 0 Å². The lowest BCUT2D eigenvalue weighted by Gasteiger charge is -2.25. The fraction of sp³-hybridized carbons (Fsp3) is 0.444. The monoisotopic (exact) mass is 352 g/mol. The van der Waals surface area contributed by atoms with Crippen molar-refractivity contribution < 1.29 is 9.32 Å². The summed E-state index contributed by atoms with van der Waals surface area (Å²) in [6.07, 6.45) is 5.75. The Bertz CT molecular complexity index is 973. The van der Waals surface area contributed by atoms with Gasteiger partial charge in [-0.05, 0) is 25.8 Å². The Morgan fingerprint density at radius 1 is 1.27 bits per heavy atom. The zero-order valence-corrected chi connectivity index (χ0v) is 14.6. The second-order valence-electron chi connectivity index (χ2n) is 7.41. The SMILES string of the molecule is Cc1cc(C(=O)N2CCN(c3ncnc4[nH]ccc34)CC3(CC3)C2)no1. The molecular formula is C18H20N6O2. The first-order chi connectivity index (χ1) is 12.6. The van der Waals surface area contributed by atoms with Gasteiger partial charge < -0.3 is 19.3 Å². The Balaban J connectivity index is 1.44. The number of H-pyrrole nitrogens is 1. The molecule has 8 heteroatoms. The van der Waals surface area contributed by atoms with Crippen molar-refractivity contribution in [3.05, 3.63) is 36.1 Å². The number of amides is 1. The molecule has 0 aromatic carbocycles. The Kier molecular flexibility index (Phi) is 3.28. The number of anilines is 1. The lowest BCUT2D eigenvalue weighted by Crippen LogP contribution is -2.36. The van der Waals surface area contributed by atoms with E-state index < -0.39 is 0 Å². The molecule has 1 N–H and O–H groups in total. The third-order valence-electron chi connectivity index (χ3n) is 5.42. The van der Waals surface area contributed by atoms with Crippen LogP contribution in [-0.2, 0) is 0 Å². The Labute approximate surface area is 150 Å². The molecule has 26 heavy (non-hydrogen) atoms. The minimum Gasteiger partial charge on any atom is -0.361 e. The summed E-state index contributed by atoms with van der Waals surface area (Å²) < 4.78 is 5.08. The first-order valence-corrected chi connectivity index (χ1v) is 8.89. The number of nitrogens with one attached hydrogen (secondary N) is 1. The van der Waals surface area contributed by atoms with Gasteiger partial charge in [0.2, 0.25) is 0 Å². The highest BCUT2D eigenvalue weighted by Crippen LogP contribution is 2.48. The number of carbonyl (C=O) groups is 1. The number of carbonyl (C=O) groups excluding carboxylic acids is 1. The van der Waals surface area contributed by atoms with Gasteiger partial charge in [-0.3, -0.25) is 4.79 Å². The Morgan fingerprint density at radius 2 is 2.15 bits per heavy atom. The molecule has 3 aromatic heterocycles. The average molecular weight is 352 g/mol. The molecule has 3 aromatic rings. The highest BCUT2D eigenvalue weighted by atomic mass is 16.5. The van der Waals surface area contributed by atoms with E-state index in [1.807, 2.05) is 17.2 Å². The summed E-state index contributed by atoms with van der Waals surface area (Å²) in [5.41, 5.74) is 1.38. The number of hydrogen-bond donors (Lipinski definition) is 1. The van der Waals surface area contributed by atoms with Crippen molar-refractivity contribution in [1.29, 1.82) is 0 Å². The maximum atomic E-state index is 12.8. The number of aryl methyl sites for hydroxylation is 1. The maximum absolute atomic E-state index is 12.8. The van der Waals surface area contributed by atoms with Gasteiger partial charge in [0, 0.05) is 43.9 Å². The smallest absolute Gasteiger partial charge is 0.276 e. The average Bonchev–Trinajstić information content (AvgIpc) is 3.06. The van der Waals surface area contributed by atoms with Gasteiger partial charge in [0.15, 0.2) is 5.69 Å². The molecule has 1 spiro atoms. The quantitative estimate of drug-likeness (QED) is 0.758. The van der Waals surface area contributed by atoms with Crippen LogP contribution in [0.25, 0.3) is 11.0 Å². The van der Waals surface area contributed by atoms with Crippen molar-refractivity contribution in [1.82, 2.24) is 25.0 Å². The zero-order chi connectivity index (χ0) is 17.7. The molecule has 1 saturated carbocycles. The van der Waals surface area contributed by atoms with Gasteiger partial charge in [0.1, 0.15) is 23.6 Å². The molecule has 0 atom stereocenters. The summed E-state index contributed by atoms with van der Waals surface area (Å²) in [5.74, 6) is 1.54. The lowest BCUT2D eigenvalue weighted by molar-refractivity contribution is 0.0730. The highest BCUT2D eigenvalue weighted by molar-refractivity contribution is 5.92. The molecular weight excluding hydrogens is 332 g/mol. The van der Waals surface area contributed by atoms with Gasteiger partial charge in [-0.15, -0.1) is 0 Å². The van der Waals surface area contributed by atoms with E-state index in [2.05, 4.69) is 25.0 Å². The normalized spacial score (nSPS) is 19.1. The molecule has 2 aliphatic rings. The van der Waals surface area contributed by atoms with E-state index in [1.54, 1.807) is 19.3 Å². The summed E-state index contributed by atoms with van der Waals surface area (Å²) in [5, 5.41) is 4.92. The van der Waals surface area contributed by atoms with Crippen LogP contribution < -0.4 is 4.90 Å². The molecule has 1 amide bonds. The van der Waals surface area contributed by atoms with Crippen LogP contribution in [0.3, 0.4) is 0 Å². The van der Waals surface area contributed by atoms with Crippen molar-refractivity contribution in [2.45, 2.75) is 19.8 Å². The van der Waals surface area contributed by atoms with Gasteiger partial charge in [0.25, 0.3) is 5.91 Å². The third-order valence-corrected chi connectivity index (χ3v) is 5.42. The van der Waals surface area contributed by atoms with Crippen LogP contribution in [0.2, 0.25) is 0 Å². The van der Waals surface area contributed by atoms with Crippen LogP contribution in [0.15, 0.2) is 29.2 Å². The van der Waals surface area contributed by atoms with Crippen molar-refractivity contribution in [3.8, 4) is 0 Å². The Morgan fingerprint density at radius 3 is 2.92 bits per heavy atom. The molecule has 2 fully saturated rings. The number of hydrogen-bond acceptors (Lipinski definition) is 6. The number of aromatic nitrogens is 4. The zero-order valence-electron chi connectivity index (χ0n) is 14.6. The molecule has 5 rings (SSSR count). The first kappa shape index (κ1) is 15.4. The molecule has 0 radical (unpaired) electrons. The maximum Gasteiger partial charge on any atom is 0.276 e. The predicted octanol–water partition coefficient (Wildman–Crippen LogP) is 2.00. The van der Waals surface area contributed by atoms with Gasteiger partial charge in [0.05, 0.1) is 5.39 Å². The molecule has 8 nitrogen and oxygen atoms in total. The number of aromatic amines is 1. The second-order valence-corrected chi connectivity index (χ2v) is 7.41. The fourth-order valence-electron chi connectivity index (χ4n) is 3.85. The highest BCUT2D eigenvalue weighted by Gasteiger charge is 2.48. The summed E-state index contributed by atoms with van der Waals surface area (Å²) >= 11 is 0. The van der Waals surface area contributed by atoms with Gasteiger partial charge in [-0.2, -0.15) is 0 Å². The van der Waals surface area contributed by atoms with Crippen LogP contribution in [0.5, 0.6) is 0 Å². The van der Waals surface area contributed by atoms with Crippen LogP contribution in [0.4, 0.5) is 5.82 Å². The molecule has 0 unspecified atom stereocenters. The second kappa shape index (κ2) is 5.55. The van der Waals surface area contributed by atoms with Crippen molar-refractivity contribution in [2.75, 3.05) is 31.1 Å². The standard InChI is InChI=1S/C18H20N6O2/c1-12-8-14(22-26-12)17(25)24-7-6-23(9-18(10-24)3-4-18)16-13-2-5-19-15(13)20-11-21-16/h2,5,8,11H,3-4,6-7,9-10H2,1H3,(H,19,20,21). The molecule has 4 heterocycles. The van der Waals surface area contributed by atoms with E-state index >= 15 is 0 Å². The van der Waals surface area contributed by atoms with E-state index in [0.29, 0.717) is 18.0 Å². The fourth-order valence-corrected chi connectivity index (χ4v) is 3.85. The van der Waals surface area contributed by atoms with E-state index in [9.17, 15) is 4.79 Å². The topological polar surface area (TPSA) is 91.2 Å². The number of rotatable bonds is 2. The first-order valence-electron chi connectivity index (χ1n) is 8.89. The third kappa shape index (κ3) is 2.53. The minimum atomic E-state index is -0.0514. The predicted molar refractivity (Wildman–Crippen MR) is 94.9 cm³/mol. The van der Waals surface area contributed by atoms with Gasteiger partial charge >= 0.3 is 0 Å². The van der Waals surface area contributed by atoms with E-state index in [1.165, 1.54) is 0 Å². The summed E-state index contributed by atoms with van der Waals surface area (Å²) in [7, 11) is 0. The molecule has 1 saturated heterocycles. The van der Waals surface area contributed by atoms with Gasteiger partial charge in [-0.1, -0.05) is 5.16 Å². The molecule has 1 aliphatic heterocycles. The molecule has 1 aliphatic carbocycles. The molecule has 0 bridgehead atoms. The van der Waals surface area contributed by atoms with Crippen molar-refractivity contribution in [2.24, 2.45) is 5.41 Å². The van der Waals surface area contributed by atoms with E-state index in [0.717, 1.165) is 49.3 Å². The van der Waals surface area contributed by atoms with E-state index in [4.69, 9.17) is 4.52 Å². The van der Waals surface area contributed by atoms with Crippen LogP contribution in [0.1, 0.15) is 29.1 Å². The number of fused-ring (bicyclic) bond motifs is 1. The number of nitrogens with zero attached hydrogens (tertiary/aromatic N) is 5. The molecule has 134 valence electrons. The minimum absolute atomic E-state index is 0.0514. The van der Waals surface area contributed by atoms with Crippen molar-refractivity contribution >= 4 is 22.8 Å². The van der Waals surface area contributed by atoms with Crippen LogP contribution >= 0.6 is 0 Å². The summed E-state index contributed by atoms with van der Waals surface area (Å²) in [6.45, 7) is 4.85. The van der Waals surface area contributed by atoms with Crippen LogP contribution in [-0.4, -0.2) is 57.1 Å². The Hall–Kier alpha value is -2.90. The van der Waals surface area contributed by atoms with Crippen LogP contribution in [0, 0.1) is 12.3 Å². The summed E-state index contributed by atoms with van der Waals surface area (Å²) in [4.78, 5) is 29.0. The summed E-state index contributed by atoms with van der Waals surface area (Å²) in [6, 6.07) is 3.72. The van der Waals surface area contributed by atoms with E-state index in [-0.39, 0.29) is 11.3 Å². The largest absolute Gasteiger partial charge is 0.361 e. The van der Waals surface area contributed by atoms with Gasteiger partial charge in [-0.25, -0.2) is 9.97 Å². The lowest BCUT2D eigenvalue weighted by atomic mass is 10.1.